The van der Waals surface area contributed by atoms with Gasteiger partial charge in [-0.3, -0.25) is 9.69 Å². The fourth-order valence-corrected chi connectivity index (χ4v) is 2.09. The van der Waals surface area contributed by atoms with Gasteiger partial charge >= 0.3 is 5.97 Å². The quantitative estimate of drug-likeness (QED) is 0.862. The number of hydrogen-bond donors (Lipinski definition) is 1. The van der Waals surface area contributed by atoms with E-state index in [1.165, 1.54) is 0 Å². The minimum Gasteiger partial charge on any atom is -0.481 e. The minimum atomic E-state index is -0.761. The Balaban J connectivity index is 2.70. The van der Waals surface area contributed by atoms with E-state index in [0.29, 0.717) is 13.1 Å². The summed E-state index contributed by atoms with van der Waals surface area (Å²) in [5, 5.41) is 9.68. The third kappa shape index (κ3) is 4.31. The summed E-state index contributed by atoms with van der Waals surface area (Å²) < 4.78 is 0. The molecule has 0 aliphatic heterocycles. The Morgan fingerprint density at radius 2 is 2.17 bits per heavy atom. The van der Waals surface area contributed by atoms with Gasteiger partial charge in [0.25, 0.3) is 0 Å². The van der Waals surface area contributed by atoms with Gasteiger partial charge in [-0.05, 0) is 30.7 Å². The maximum atomic E-state index is 10.9. The molecule has 0 radical (unpaired) electrons. The second-order valence-electron chi connectivity index (χ2n) is 4.66. The Kier molecular flexibility index (Phi) is 5.63. The molecule has 0 amide bonds. The number of carbonyl (C=O) groups is 1. The fraction of sp³-hybridized carbons (Fsp3) is 0.500. The molecule has 1 unspecified atom stereocenters. The number of rotatable bonds is 6. The molecule has 1 aromatic rings. The molecule has 100 valence electrons. The van der Waals surface area contributed by atoms with Crippen molar-refractivity contribution < 1.29 is 9.90 Å². The Hall–Kier alpha value is -1.06. The molecule has 0 saturated carbocycles. The number of aryl methyl sites for hydroxylation is 1. The predicted octanol–water partition coefficient (Wildman–Crippen LogP) is 3.19. The van der Waals surface area contributed by atoms with E-state index in [0.717, 1.165) is 22.7 Å². The number of carboxylic acid groups (broad SMARTS) is 1. The maximum absolute atomic E-state index is 10.9. The van der Waals surface area contributed by atoms with Crippen molar-refractivity contribution >= 4 is 17.6 Å². The first kappa shape index (κ1) is 15.0. The monoisotopic (exact) mass is 269 g/mol. The number of nitrogens with zero attached hydrogens (tertiary/aromatic N) is 1. The third-order valence-electron chi connectivity index (χ3n) is 3.00. The van der Waals surface area contributed by atoms with Crippen LogP contribution in [0.15, 0.2) is 18.2 Å². The van der Waals surface area contributed by atoms with Crippen LogP contribution < -0.4 is 0 Å². The van der Waals surface area contributed by atoms with Crippen LogP contribution in [0.1, 0.15) is 25.0 Å². The summed E-state index contributed by atoms with van der Waals surface area (Å²) in [6.45, 7) is 7.78. The highest BCUT2D eigenvalue weighted by molar-refractivity contribution is 6.31. The van der Waals surface area contributed by atoms with E-state index in [1.54, 1.807) is 6.92 Å². The SMILES string of the molecule is CCN(Cc1ccc(C)cc1Cl)CC(C)C(=O)O. The second kappa shape index (κ2) is 6.76. The normalized spacial score (nSPS) is 12.7. The highest BCUT2D eigenvalue weighted by atomic mass is 35.5. The van der Waals surface area contributed by atoms with Gasteiger partial charge in [0, 0.05) is 18.1 Å². The van der Waals surface area contributed by atoms with Gasteiger partial charge in [-0.25, -0.2) is 0 Å². The van der Waals surface area contributed by atoms with Crippen LogP contribution in [-0.2, 0) is 11.3 Å². The molecule has 4 heteroatoms. The van der Waals surface area contributed by atoms with Crippen molar-refractivity contribution in [1.82, 2.24) is 4.90 Å². The first-order valence-electron chi connectivity index (χ1n) is 6.14. The van der Waals surface area contributed by atoms with E-state index >= 15 is 0 Å². The van der Waals surface area contributed by atoms with Crippen LogP contribution in [0.3, 0.4) is 0 Å². The van der Waals surface area contributed by atoms with Gasteiger partial charge in [0.1, 0.15) is 0 Å². The largest absolute Gasteiger partial charge is 0.481 e. The molecular formula is C14H20ClNO2. The van der Waals surface area contributed by atoms with Crippen molar-refractivity contribution in [2.45, 2.75) is 27.3 Å². The molecule has 0 fully saturated rings. The van der Waals surface area contributed by atoms with Crippen LogP contribution >= 0.6 is 11.6 Å². The molecule has 0 heterocycles. The Morgan fingerprint density at radius 3 is 2.67 bits per heavy atom. The second-order valence-corrected chi connectivity index (χ2v) is 5.07. The van der Waals surface area contributed by atoms with Crippen LogP contribution in [0, 0.1) is 12.8 Å². The van der Waals surface area contributed by atoms with Crippen LogP contribution in [0.5, 0.6) is 0 Å². The van der Waals surface area contributed by atoms with Crippen molar-refractivity contribution in [1.29, 1.82) is 0 Å². The van der Waals surface area contributed by atoms with Gasteiger partial charge in [0.15, 0.2) is 0 Å². The number of halogens is 1. The Morgan fingerprint density at radius 1 is 1.50 bits per heavy atom. The van der Waals surface area contributed by atoms with Crippen molar-refractivity contribution in [3.8, 4) is 0 Å². The molecule has 1 atom stereocenters. The van der Waals surface area contributed by atoms with Gasteiger partial charge in [0.2, 0.25) is 0 Å². The number of carboxylic acids is 1. The standard InChI is InChI=1S/C14H20ClNO2/c1-4-16(8-11(3)14(17)18)9-12-6-5-10(2)7-13(12)15/h5-7,11H,4,8-9H2,1-3H3,(H,17,18). The summed E-state index contributed by atoms with van der Waals surface area (Å²) in [5.74, 6) is -1.13. The van der Waals surface area contributed by atoms with Crippen LogP contribution in [0.25, 0.3) is 0 Å². The topological polar surface area (TPSA) is 40.5 Å². The van der Waals surface area contributed by atoms with Gasteiger partial charge in [-0.1, -0.05) is 37.6 Å². The first-order valence-corrected chi connectivity index (χ1v) is 6.52. The first-order chi connectivity index (χ1) is 8.43. The van der Waals surface area contributed by atoms with E-state index in [9.17, 15) is 4.79 Å². The molecule has 1 rings (SSSR count). The van der Waals surface area contributed by atoms with Crippen molar-refractivity contribution in [2.75, 3.05) is 13.1 Å². The zero-order valence-electron chi connectivity index (χ0n) is 11.1. The summed E-state index contributed by atoms with van der Waals surface area (Å²) >= 11 is 6.19. The van der Waals surface area contributed by atoms with Crippen molar-refractivity contribution in [3.05, 3.63) is 34.3 Å². The van der Waals surface area contributed by atoms with E-state index in [-0.39, 0.29) is 5.92 Å². The third-order valence-corrected chi connectivity index (χ3v) is 3.36. The summed E-state index contributed by atoms with van der Waals surface area (Å²) in [4.78, 5) is 13.0. The van der Waals surface area contributed by atoms with E-state index in [4.69, 9.17) is 16.7 Å². The average molecular weight is 270 g/mol. The van der Waals surface area contributed by atoms with Crippen LogP contribution in [0.2, 0.25) is 5.02 Å². The predicted molar refractivity (Wildman–Crippen MR) is 73.9 cm³/mol. The zero-order valence-corrected chi connectivity index (χ0v) is 11.9. The van der Waals surface area contributed by atoms with E-state index in [1.807, 2.05) is 32.0 Å². The average Bonchev–Trinajstić information content (AvgIpc) is 2.31. The summed E-state index contributed by atoms with van der Waals surface area (Å²) in [7, 11) is 0. The Bertz CT molecular complexity index is 420. The molecule has 0 spiro atoms. The van der Waals surface area contributed by atoms with Gasteiger partial charge < -0.3 is 5.11 Å². The van der Waals surface area contributed by atoms with E-state index in [2.05, 4.69) is 4.90 Å². The molecule has 0 bridgehead atoms. The molecule has 1 N–H and O–H groups in total. The van der Waals surface area contributed by atoms with E-state index < -0.39 is 5.97 Å². The van der Waals surface area contributed by atoms with Crippen LogP contribution in [0.4, 0.5) is 0 Å². The van der Waals surface area contributed by atoms with Gasteiger partial charge in [-0.2, -0.15) is 0 Å². The van der Waals surface area contributed by atoms with Crippen molar-refractivity contribution in [2.24, 2.45) is 5.92 Å². The fourth-order valence-electron chi connectivity index (χ4n) is 1.79. The molecule has 0 aliphatic rings. The highest BCUT2D eigenvalue weighted by Gasteiger charge is 2.16. The lowest BCUT2D eigenvalue weighted by molar-refractivity contribution is -0.141. The highest BCUT2D eigenvalue weighted by Crippen LogP contribution is 2.19. The summed E-state index contributed by atoms with van der Waals surface area (Å²) in [6.07, 6.45) is 0. The Labute approximate surface area is 113 Å². The lowest BCUT2D eigenvalue weighted by Gasteiger charge is -2.23. The molecule has 1 aromatic carbocycles. The number of hydrogen-bond acceptors (Lipinski definition) is 2. The molecule has 0 aromatic heterocycles. The number of benzene rings is 1. The van der Waals surface area contributed by atoms with Gasteiger partial charge in [-0.15, -0.1) is 0 Å². The lowest BCUT2D eigenvalue weighted by atomic mass is 10.1. The van der Waals surface area contributed by atoms with Gasteiger partial charge in [0.05, 0.1) is 5.92 Å². The molecule has 18 heavy (non-hydrogen) atoms. The molecule has 3 nitrogen and oxygen atoms in total. The molecular weight excluding hydrogens is 250 g/mol. The maximum Gasteiger partial charge on any atom is 0.307 e. The molecule has 0 saturated heterocycles. The van der Waals surface area contributed by atoms with Crippen LogP contribution in [-0.4, -0.2) is 29.1 Å². The van der Waals surface area contributed by atoms with Crippen molar-refractivity contribution in [3.63, 3.8) is 0 Å². The summed E-state index contributed by atoms with van der Waals surface area (Å²) in [6, 6.07) is 5.97. The summed E-state index contributed by atoms with van der Waals surface area (Å²) in [5.41, 5.74) is 2.17. The zero-order chi connectivity index (χ0) is 13.7. The smallest absolute Gasteiger partial charge is 0.307 e. The molecule has 0 aliphatic carbocycles. The minimum absolute atomic E-state index is 0.367. The number of aliphatic carboxylic acids is 1. The lowest BCUT2D eigenvalue weighted by Crippen LogP contribution is -2.31.